The van der Waals surface area contributed by atoms with Crippen LogP contribution in [0.4, 0.5) is 0 Å². The molecule has 4 aromatic rings. The molecule has 1 aliphatic carbocycles. The third-order valence-electron chi connectivity index (χ3n) is 7.77. The van der Waals surface area contributed by atoms with Crippen LogP contribution in [-0.2, 0) is 13.1 Å². The maximum atomic E-state index is 5.81. The second-order valence-electron chi connectivity index (χ2n) is 10.3. The topological polar surface area (TPSA) is 21.7 Å². The maximum absolute atomic E-state index is 5.81. The van der Waals surface area contributed by atoms with E-state index in [0.29, 0.717) is 5.92 Å². The molecule has 0 amide bonds. The molecular weight excluding hydrogens is 454 g/mol. The Kier molecular flexibility index (Phi) is 6.10. The zero-order valence-electron chi connectivity index (χ0n) is 22.0. The molecule has 4 aromatic carbocycles. The summed E-state index contributed by atoms with van der Waals surface area (Å²) >= 11 is 0. The van der Waals surface area contributed by atoms with Gasteiger partial charge in [-0.05, 0) is 68.1 Å². The first kappa shape index (κ1) is 23.6. The number of benzene rings is 4. The summed E-state index contributed by atoms with van der Waals surface area (Å²) in [6, 6.07) is 33.1. The summed E-state index contributed by atoms with van der Waals surface area (Å²) in [4.78, 5) is 2.64. The number of hydrogen-bond donors (Lipinski definition) is 0. The zero-order chi connectivity index (χ0) is 25.5. The highest BCUT2D eigenvalue weighted by atomic mass is 16.5. The lowest BCUT2D eigenvalue weighted by molar-refractivity contribution is 0.172. The zero-order valence-corrected chi connectivity index (χ0v) is 22.0. The van der Waals surface area contributed by atoms with Crippen molar-refractivity contribution in [3.63, 3.8) is 0 Å². The van der Waals surface area contributed by atoms with Crippen molar-refractivity contribution >= 4 is 11.1 Å². The molecule has 0 saturated carbocycles. The number of rotatable bonds is 5. The number of methoxy groups -OCH3 is 2. The third-order valence-corrected chi connectivity index (χ3v) is 7.77. The van der Waals surface area contributed by atoms with Gasteiger partial charge in [-0.3, -0.25) is 4.90 Å². The Morgan fingerprint density at radius 3 is 1.81 bits per heavy atom. The van der Waals surface area contributed by atoms with Crippen molar-refractivity contribution in [1.29, 1.82) is 0 Å². The molecule has 37 heavy (non-hydrogen) atoms. The van der Waals surface area contributed by atoms with Crippen molar-refractivity contribution in [2.75, 3.05) is 14.2 Å². The molecule has 0 spiro atoms. The molecule has 0 N–H and O–H groups in total. The van der Waals surface area contributed by atoms with Gasteiger partial charge in [0.1, 0.15) is 0 Å². The fourth-order valence-electron chi connectivity index (χ4n) is 6.28. The van der Waals surface area contributed by atoms with Gasteiger partial charge < -0.3 is 9.47 Å². The molecule has 1 unspecified atom stereocenters. The number of ether oxygens (including phenoxy) is 2. The molecule has 2 aliphatic rings. The molecular formula is C34H33NO2. The van der Waals surface area contributed by atoms with E-state index >= 15 is 0 Å². The van der Waals surface area contributed by atoms with Gasteiger partial charge in [0.25, 0.3) is 0 Å². The lowest BCUT2D eigenvalue weighted by atomic mass is 9.78. The highest BCUT2D eigenvalue weighted by molar-refractivity contribution is 6.11. The molecule has 0 fully saturated rings. The molecule has 0 bridgehead atoms. The van der Waals surface area contributed by atoms with Crippen LogP contribution in [0.2, 0.25) is 0 Å². The van der Waals surface area contributed by atoms with E-state index in [1.54, 1.807) is 14.2 Å². The van der Waals surface area contributed by atoms with Crippen LogP contribution in [0, 0.1) is 5.92 Å². The van der Waals surface area contributed by atoms with Crippen LogP contribution in [0.25, 0.3) is 22.3 Å². The van der Waals surface area contributed by atoms with Gasteiger partial charge in [-0.15, -0.1) is 0 Å². The molecule has 0 aromatic heterocycles. The fourth-order valence-corrected chi connectivity index (χ4v) is 6.28. The van der Waals surface area contributed by atoms with Crippen LogP contribution in [0.1, 0.15) is 41.7 Å². The van der Waals surface area contributed by atoms with Crippen LogP contribution in [0.5, 0.6) is 11.5 Å². The van der Waals surface area contributed by atoms with Crippen molar-refractivity contribution in [2.45, 2.75) is 33.0 Å². The Balaban J connectivity index is 1.67. The largest absolute Gasteiger partial charge is 0.493 e. The summed E-state index contributed by atoms with van der Waals surface area (Å²) < 4.78 is 11.6. The number of fused-ring (bicyclic) bond motifs is 4. The molecule has 3 nitrogen and oxygen atoms in total. The molecule has 1 atom stereocenters. The van der Waals surface area contributed by atoms with Gasteiger partial charge >= 0.3 is 0 Å². The van der Waals surface area contributed by atoms with E-state index in [1.807, 2.05) is 0 Å². The SMILES string of the molecule is COc1cc2c(cc1OC)C(=C1c3ccccc3-c3ccccc31)C(C(C)C)N(Cc1ccccc1)C2. The molecule has 6 rings (SSSR count). The average molecular weight is 488 g/mol. The van der Waals surface area contributed by atoms with Gasteiger partial charge in [-0.1, -0.05) is 92.7 Å². The van der Waals surface area contributed by atoms with Crippen LogP contribution < -0.4 is 9.47 Å². The van der Waals surface area contributed by atoms with Gasteiger partial charge in [0.05, 0.1) is 14.2 Å². The molecule has 3 heteroatoms. The van der Waals surface area contributed by atoms with E-state index in [4.69, 9.17) is 9.47 Å². The fraction of sp³-hybridized carbons (Fsp3) is 0.235. The third kappa shape index (κ3) is 3.95. The van der Waals surface area contributed by atoms with Crippen LogP contribution >= 0.6 is 0 Å². The molecule has 0 saturated heterocycles. The van der Waals surface area contributed by atoms with E-state index < -0.39 is 0 Å². The minimum Gasteiger partial charge on any atom is -0.493 e. The summed E-state index contributed by atoms with van der Waals surface area (Å²) in [7, 11) is 3.44. The summed E-state index contributed by atoms with van der Waals surface area (Å²) in [6.45, 7) is 6.44. The number of nitrogens with zero attached hydrogens (tertiary/aromatic N) is 1. The van der Waals surface area contributed by atoms with E-state index in [0.717, 1.165) is 24.6 Å². The minimum absolute atomic E-state index is 0.236. The normalized spacial score (nSPS) is 16.4. The van der Waals surface area contributed by atoms with Crippen molar-refractivity contribution in [1.82, 2.24) is 4.90 Å². The predicted molar refractivity (Wildman–Crippen MR) is 152 cm³/mol. The summed E-state index contributed by atoms with van der Waals surface area (Å²) in [5.74, 6) is 1.96. The van der Waals surface area contributed by atoms with Gasteiger partial charge in [-0.2, -0.15) is 0 Å². The highest BCUT2D eigenvalue weighted by Gasteiger charge is 2.38. The highest BCUT2D eigenvalue weighted by Crippen LogP contribution is 2.52. The van der Waals surface area contributed by atoms with Crippen molar-refractivity contribution in [3.05, 3.63) is 119 Å². The molecule has 0 radical (unpaired) electrons. The standard InChI is InChI=1S/C34H33NO2/c1-22(2)34-33(32-27-16-10-8-14-25(27)26-15-9-11-17-28(26)32)29-19-31(37-4)30(36-3)18-24(29)21-35(34)20-23-12-6-5-7-13-23/h5-19,22,34H,20-21H2,1-4H3. The Morgan fingerprint density at radius 2 is 1.24 bits per heavy atom. The van der Waals surface area contributed by atoms with E-state index in [-0.39, 0.29) is 6.04 Å². The molecule has 1 aliphatic heterocycles. The molecule has 186 valence electrons. The first-order chi connectivity index (χ1) is 18.1. The Bertz CT molecular complexity index is 1440. The van der Waals surface area contributed by atoms with Crippen molar-refractivity contribution in [3.8, 4) is 22.6 Å². The van der Waals surface area contributed by atoms with Crippen molar-refractivity contribution < 1.29 is 9.47 Å². The summed E-state index contributed by atoms with van der Waals surface area (Å²) in [6.07, 6.45) is 0. The number of hydrogen-bond acceptors (Lipinski definition) is 3. The minimum atomic E-state index is 0.236. The Hall–Kier alpha value is -3.82. The second kappa shape index (κ2) is 9.57. The van der Waals surface area contributed by atoms with E-state index in [9.17, 15) is 0 Å². The molecule has 1 heterocycles. The van der Waals surface area contributed by atoms with Gasteiger partial charge in [0, 0.05) is 19.1 Å². The van der Waals surface area contributed by atoms with Crippen LogP contribution in [-0.4, -0.2) is 25.2 Å². The first-order valence-corrected chi connectivity index (χ1v) is 13.1. The van der Waals surface area contributed by atoms with E-state index in [1.165, 1.54) is 50.1 Å². The van der Waals surface area contributed by atoms with Gasteiger partial charge in [-0.25, -0.2) is 0 Å². The summed E-state index contributed by atoms with van der Waals surface area (Å²) in [5, 5.41) is 0. The Labute approximate surface area is 220 Å². The monoisotopic (exact) mass is 487 g/mol. The predicted octanol–water partition coefficient (Wildman–Crippen LogP) is 7.68. The first-order valence-electron chi connectivity index (χ1n) is 13.1. The van der Waals surface area contributed by atoms with Gasteiger partial charge in [0.2, 0.25) is 0 Å². The lowest BCUT2D eigenvalue weighted by Crippen LogP contribution is -2.42. The van der Waals surface area contributed by atoms with Crippen LogP contribution in [0.3, 0.4) is 0 Å². The smallest absolute Gasteiger partial charge is 0.161 e. The quantitative estimate of drug-likeness (QED) is 0.254. The Morgan fingerprint density at radius 1 is 0.703 bits per heavy atom. The maximum Gasteiger partial charge on any atom is 0.161 e. The lowest BCUT2D eigenvalue weighted by Gasteiger charge is -2.42. The summed E-state index contributed by atoms with van der Waals surface area (Å²) in [5.41, 5.74) is 11.8. The van der Waals surface area contributed by atoms with Crippen LogP contribution in [0.15, 0.2) is 91.0 Å². The van der Waals surface area contributed by atoms with Gasteiger partial charge in [0.15, 0.2) is 11.5 Å². The average Bonchev–Trinajstić information content (AvgIpc) is 3.26. The van der Waals surface area contributed by atoms with Crippen molar-refractivity contribution in [2.24, 2.45) is 5.92 Å². The van der Waals surface area contributed by atoms with E-state index in [2.05, 4.69) is 110 Å². The second-order valence-corrected chi connectivity index (χ2v) is 10.3.